The second-order valence-corrected chi connectivity index (χ2v) is 4.10. The molecule has 0 aliphatic heterocycles. The number of hydrogen-bond acceptors (Lipinski definition) is 4. The van der Waals surface area contributed by atoms with Crippen LogP contribution in [-0.2, 0) is 4.79 Å². The standard InChI is InChI=1S/C11H13N3O2/c1-11(2,6-10(15)16)14-9-5-3-4-8(7-12)13-9/h3-5H,6H2,1-2H3,(H,13,14)(H,15,16). The molecule has 0 aliphatic rings. The van der Waals surface area contributed by atoms with Gasteiger partial charge in [0.05, 0.1) is 6.42 Å². The van der Waals surface area contributed by atoms with E-state index in [0.717, 1.165) is 0 Å². The summed E-state index contributed by atoms with van der Waals surface area (Å²) in [5, 5.41) is 20.4. The summed E-state index contributed by atoms with van der Waals surface area (Å²) in [6.07, 6.45) is -0.0224. The summed E-state index contributed by atoms with van der Waals surface area (Å²) in [6, 6.07) is 6.92. The molecule has 0 bridgehead atoms. The second kappa shape index (κ2) is 4.62. The summed E-state index contributed by atoms with van der Waals surface area (Å²) in [4.78, 5) is 14.6. The lowest BCUT2D eigenvalue weighted by Gasteiger charge is -2.24. The molecule has 5 nitrogen and oxygen atoms in total. The van der Waals surface area contributed by atoms with Crippen LogP contribution in [0.5, 0.6) is 0 Å². The largest absolute Gasteiger partial charge is 0.481 e. The average molecular weight is 219 g/mol. The maximum absolute atomic E-state index is 10.6. The quantitative estimate of drug-likeness (QED) is 0.803. The summed E-state index contributed by atoms with van der Waals surface area (Å²) in [5.41, 5.74) is -0.302. The summed E-state index contributed by atoms with van der Waals surface area (Å²) < 4.78 is 0. The van der Waals surface area contributed by atoms with Crippen molar-refractivity contribution in [1.82, 2.24) is 4.98 Å². The van der Waals surface area contributed by atoms with Gasteiger partial charge in [-0.3, -0.25) is 4.79 Å². The number of carboxylic acid groups (broad SMARTS) is 1. The first kappa shape index (κ1) is 12.0. The molecule has 0 saturated carbocycles. The number of nitriles is 1. The maximum atomic E-state index is 10.6. The Morgan fingerprint density at radius 2 is 2.31 bits per heavy atom. The first-order valence-corrected chi connectivity index (χ1v) is 4.80. The molecule has 1 heterocycles. The van der Waals surface area contributed by atoms with Crippen molar-refractivity contribution in [2.45, 2.75) is 25.8 Å². The third kappa shape index (κ3) is 3.58. The van der Waals surface area contributed by atoms with Gasteiger partial charge in [0.15, 0.2) is 0 Å². The Balaban J connectivity index is 2.80. The van der Waals surface area contributed by atoms with Crippen molar-refractivity contribution in [1.29, 1.82) is 5.26 Å². The minimum absolute atomic E-state index is 0.0224. The molecule has 0 saturated heterocycles. The Labute approximate surface area is 93.7 Å². The van der Waals surface area contributed by atoms with Gasteiger partial charge >= 0.3 is 5.97 Å². The molecule has 0 spiro atoms. The number of nitrogens with zero attached hydrogens (tertiary/aromatic N) is 2. The van der Waals surface area contributed by atoms with Crippen molar-refractivity contribution in [2.24, 2.45) is 0 Å². The third-order valence-corrected chi connectivity index (χ3v) is 1.92. The van der Waals surface area contributed by atoms with E-state index in [2.05, 4.69) is 10.3 Å². The van der Waals surface area contributed by atoms with Crippen LogP contribution in [-0.4, -0.2) is 21.6 Å². The molecule has 0 aromatic carbocycles. The number of rotatable bonds is 4. The summed E-state index contributed by atoms with van der Waals surface area (Å²) in [5.74, 6) is -0.376. The fourth-order valence-corrected chi connectivity index (χ4v) is 1.34. The molecule has 0 fully saturated rings. The Hall–Kier alpha value is -2.09. The van der Waals surface area contributed by atoms with Gasteiger partial charge in [-0.2, -0.15) is 5.26 Å². The maximum Gasteiger partial charge on any atom is 0.305 e. The smallest absolute Gasteiger partial charge is 0.305 e. The lowest BCUT2D eigenvalue weighted by atomic mass is 10.0. The van der Waals surface area contributed by atoms with Crippen molar-refractivity contribution >= 4 is 11.8 Å². The molecule has 0 radical (unpaired) electrons. The van der Waals surface area contributed by atoms with Crippen LogP contribution < -0.4 is 5.32 Å². The summed E-state index contributed by atoms with van der Waals surface area (Å²) >= 11 is 0. The number of aliphatic carboxylic acids is 1. The molecular weight excluding hydrogens is 206 g/mol. The third-order valence-electron chi connectivity index (χ3n) is 1.92. The monoisotopic (exact) mass is 219 g/mol. The Kier molecular flexibility index (Phi) is 3.46. The number of aromatic nitrogens is 1. The number of pyridine rings is 1. The first-order chi connectivity index (χ1) is 7.43. The van der Waals surface area contributed by atoms with Crippen molar-refractivity contribution in [3.63, 3.8) is 0 Å². The molecule has 1 rings (SSSR count). The van der Waals surface area contributed by atoms with E-state index < -0.39 is 11.5 Å². The van der Waals surface area contributed by atoms with Gasteiger partial charge in [-0.25, -0.2) is 4.98 Å². The van der Waals surface area contributed by atoms with Crippen molar-refractivity contribution < 1.29 is 9.90 Å². The van der Waals surface area contributed by atoms with Gasteiger partial charge in [-0.05, 0) is 26.0 Å². The molecular formula is C11H13N3O2. The molecule has 0 aliphatic carbocycles. The summed E-state index contributed by atoms with van der Waals surface area (Å²) in [6.45, 7) is 3.53. The predicted molar refractivity (Wildman–Crippen MR) is 58.9 cm³/mol. The second-order valence-electron chi connectivity index (χ2n) is 4.10. The number of carbonyl (C=O) groups is 1. The highest BCUT2D eigenvalue weighted by atomic mass is 16.4. The molecule has 16 heavy (non-hydrogen) atoms. The van der Waals surface area contributed by atoms with Crippen LogP contribution in [0.1, 0.15) is 26.0 Å². The van der Waals surface area contributed by atoms with Gasteiger partial charge in [0.2, 0.25) is 0 Å². The topological polar surface area (TPSA) is 86.0 Å². The number of anilines is 1. The van der Waals surface area contributed by atoms with Crippen LogP contribution in [0.25, 0.3) is 0 Å². The number of carboxylic acids is 1. The van der Waals surface area contributed by atoms with Gasteiger partial charge in [0.1, 0.15) is 17.6 Å². The van der Waals surface area contributed by atoms with E-state index in [-0.39, 0.29) is 6.42 Å². The van der Waals surface area contributed by atoms with Crippen LogP contribution in [0.2, 0.25) is 0 Å². The highest BCUT2D eigenvalue weighted by Gasteiger charge is 2.21. The van der Waals surface area contributed by atoms with Crippen LogP contribution >= 0.6 is 0 Å². The predicted octanol–water partition coefficient (Wildman–Crippen LogP) is 1.62. The van der Waals surface area contributed by atoms with Crippen LogP contribution in [0.15, 0.2) is 18.2 Å². The minimum atomic E-state index is -0.881. The number of hydrogen-bond donors (Lipinski definition) is 2. The summed E-state index contributed by atoms with van der Waals surface area (Å²) in [7, 11) is 0. The molecule has 0 amide bonds. The Morgan fingerprint density at radius 1 is 1.62 bits per heavy atom. The highest BCUT2D eigenvalue weighted by Crippen LogP contribution is 2.16. The lowest BCUT2D eigenvalue weighted by Crippen LogP contribution is -2.34. The highest BCUT2D eigenvalue weighted by molar-refractivity contribution is 5.69. The first-order valence-electron chi connectivity index (χ1n) is 4.80. The van der Waals surface area contributed by atoms with Gasteiger partial charge in [0, 0.05) is 5.54 Å². The van der Waals surface area contributed by atoms with Gasteiger partial charge in [-0.15, -0.1) is 0 Å². The molecule has 0 atom stereocenters. The van der Waals surface area contributed by atoms with E-state index in [1.54, 1.807) is 32.0 Å². The molecule has 1 aromatic rings. The van der Waals surface area contributed by atoms with E-state index in [0.29, 0.717) is 11.5 Å². The number of nitrogens with one attached hydrogen (secondary N) is 1. The zero-order chi connectivity index (χ0) is 12.2. The van der Waals surface area contributed by atoms with E-state index in [9.17, 15) is 4.79 Å². The minimum Gasteiger partial charge on any atom is -0.481 e. The van der Waals surface area contributed by atoms with Crippen LogP contribution in [0.3, 0.4) is 0 Å². The van der Waals surface area contributed by atoms with Crippen molar-refractivity contribution in [3.8, 4) is 6.07 Å². The molecule has 1 aromatic heterocycles. The zero-order valence-corrected chi connectivity index (χ0v) is 9.19. The van der Waals surface area contributed by atoms with E-state index in [4.69, 9.17) is 10.4 Å². The fraction of sp³-hybridized carbons (Fsp3) is 0.364. The average Bonchev–Trinajstić information content (AvgIpc) is 2.15. The van der Waals surface area contributed by atoms with Crippen molar-refractivity contribution in [3.05, 3.63) is 23.9 Å². The van der Waals surface area contributed by atoms with Gasteiger partial charge < -0.3 is 10.4 Å². The molecule has 84 valence electrons. The normalized spacial score (nSPS) is 10.6. The lowest BCUT2D eigenvalue weighted by molar-refractivity contribution is -0.137. The van der Waals surface area contributed by atoms with Crippen molar-refractivity contribution in [2.75, 3.05) is 5.32 Å². The van der Waals surface area contributed by atoms with E-state index in [1.165, 1.54) is 0 Å². The Bertz CT molecular complexity index is 435. The van der Waals surface area contributed by atoms with Gasteiger partial charge in [0.25, 0.3) is 0 Å². The Morgan fingerprint density at radius 3 is 2.88 bits per heavy atom. The molecule has 2 N–H and O–H groups in total. The zero-order valence-electron chi connectivity index (χ0n) is 9.19. The fourth-order valence-electron chi connectivity index (χ4n) is 1.34. The van der Waals surface area contributed by atoms with Gasteiger partial charge in [-0.1, -0.05) is 6.07 Å². The van der Waals surface area contributed by atoms with Crippen LogP contribution in [0, 0.1) is 11.3 Å². The molecule has 5 heteroatoms. The van der Waals surface area contributed by atoms with E-state index in [1.807, 2.05) is 6.07 Å². The van der Waals surface area contributed by atoms with Crippen LogP contribution in [0.4, 0.5) is 5.82 Å². The SMILES string of the molecule is CC(C)(CC(=O)O)Nc1cccc(C#N)n1. The molecule has 0 unspecified atom stereocenters. The van der Waals surface area contributed by atoms with E-state index >= 15 is 0 Å².